The van der Waals surface area contributed by atoms with E-state index in [1.807, 2.05) is 31.2 Å². The van der Waals surface area contributed by atoms with Gasteiger partial charge in [0, 0.05) is 5.69 Å². The number of hydrogen-bond donors (Lipinski definition) is 2. The van der Waals surface area contributed by atoms with E-state index in [9.17, 15) is 22.8 Å². The van der Waals surface area contributed by atoms with Gasteiger partial charge < -0.3 is 10.6 Å². The molecule has 2 aromatic carbocycles. The maximum absolute atomic E-state index is 13.8. The fraction of sp³-hybridized carbons (Fsp3) is 0.391. The number of benzene rings is 2. The lowest BCUT2D eigenvalue weighted by atomic mass is 9.99. The summed E-state index contributed by atoms with van der Waals surface area (Å²) in [6, 6.07) is 9.29. The molecule has 0 aliphatic carbocycles. The first kappa shape index (κ1) is 24.4. The molecular weight excluding hydrogens is 407 g/mol. The molecule has 2 rings (SSSR count). The van der Waals surface area contributed by atoms with Crippen LogP contribution in [0.25, 0.3) is 0 Å². The zero-order valence-corrected chi connectivity index (χ0v) is 18.0. The Balaban J connectivity index is 1.95. The van der Waals surface area contributed by atoms with Crippen molar-refractivity contribution in [1.29, 1.82) is 0 Å². The summed E-state index contributed by atoms with van der Waals surface area (Å²) in [5, 5.41) is 5.02. The summed E-state index contributed by atoms with van der Waals surface area (Å²) < 4.78 is 40.1. The molecule has 8 heteroatoms. The maximum atomic E-state index is 13.8. The highest BCUT2D eigenvalue weighted by atomic mass is 19.2. The fourth-order valence-corrected chi connectivity index (χ4v) is 3.08. The Morgan fingerprint density at radius 2 is 1.52 bits per heavy atom. The minimum Gasteiger partial charge on any atom is -0.325 e. The number of carbonyl (C=O) groups is 2. The van der Waals surface area contributed by atoms with Gasteiger partial charge in [-0.3, -0.25) is 14.5 Å². The molecule has 31 heavy (non-hydrogen) atoms. The summed E-state index contributed by atoms with van der Waals surface area (Å²) in [5.41, 5.74) is 1.39. The number of nitrogens with one attached hydrogen (secondary N) is 2. The maximum Gasteiger partial charge on any atom is 0.238 e. The molecule has 0 saturated carbocycles. The number of hydrogen-bond acceptors (Lipinski definition) is 3. The second-order valence-corrected chi connectivity index (χ2v) is 7.46. The summed E-state index contributed by atoms with van der Waals surface area (Å²) in [6.07, 6.45) is 1.71. The number of nitrogens with zero attached hydrogens (tertiary/aromatic N) is 1. The summed E-state index contributed by atoms with van der Waals surface area (Å²) in [4.78, 5) is 26.3. The van der Waals surface area contributed by atoms with Gasteiger partial charge in [-0.15, -0.1) is 0 Å². The van der Waals surface area contributed by atoms with Gasteiger partial charge in [0.05, 0.1) is 18.8 Å². The third kappa shape index (κ3) is 7.10. The SMILES string of the molecule is CCCN(CC(=O)Nc1ccc([C@H](C)CC)cc1)CC(=O)Nc1ccc(F)c(F)c1F. The second kappa shape index (κ2) is 11.5. The van der Waals surface area contributed by atoms with Gasteiger partial charge >= 0.3 is 0 Å². The number of halogens is 3. The highest BCUT2D eigenvalue weighted by Gasteiger charge is 2.18. The van der Waals surface area contributed by atoms with E-state index in [1.54, 1.807) is 4.90 Å². The van der Waals surface area contributed by atoms with Gasteiger partial charge in [-0.05, 0) is 55.1 Å². The average Bonchev–Trinajstić information content (AvgIpc) is 2.74. The van der Waals surface area contributed by atoms with Crippen LogP contribution in [0.5, 0.6) is 0 Å². The Morgan fingerprint density at radius 1 is 0.903 bits per heavy atom. The molecule has 0 heterocycles. The van der Waals surface area contributed by atoms with E-state index in [0.29, 0.717) is 24.6 Å². The molecule has 0 bridgehead atoms. The molecule has 0 aliphatic heterocycles. The topological polar surface area (TPSA) is 61.4 Å². The van der Waals surface area contributed by atoms with Crippen LogP contribution in [-0.2, 0) is 9.59 Å². The van der Waals surface area contributed by atoms with Crippen molar-refractivity contribution in [2.45, 2.75) is 39.5 Å². The van der Waals surface area contributed by atoms with Crippen LogP contribution in [0.15, 0.2) is 36.4 Å². The normalized spacial score (nSPS) is 12.0. The highest BCUT2D eigenvalue weighted by molar-refractivity contribution is 5.94. The Morgan fingerprint density at radius 3 is 2.10 bits per heavy atom. The molecule has 0 aromatic heterocycles. The largest absolute Gasteiger partial charge is 0.325 e. The van der Waals surface area contributed by atoms with E-state index < -0.39 is 29.0 Å². The lowest BCUT2D eigenvalue weighted by Gasteiger charge is -2.21. The summed E-state index contributed by atoms with van der Waals surface area (Å²) >= 11 is 0. The van der Waals surface area contributed by atoms with Gasteiger partial charge in [-0.25, -0.2) is 13.2 Å². The minimum atomic E-state index is -1.65. The molecule has 0 unspecified atom stereocenters. The molecule has 0 fully saturated rings. The lowest BCUT2D eigenvalue weighted by Crippen LogP contribution is -2.39. The Hall–Kier alpha value is -2.87. The van der Waals surface area contributed by atoms with Gasteiger partial charge in [-0.1, -0.05) is 32.9 Å². The van der Waals surface area contributed by atoms with Crippen molar-refractivity contribution in [1.82, 2.24) is 4.90 Å². The lowest BCUT2D eigenvalue weighted by molar-refractivity contribution is -0.120. The minimum absolute atomic E-state index is 0.0470. The third-order valence-electron chi connectivity index (χ3n) is 4.96. The average molecular weight is 435 g/mol. The summed E-state index contributed by atoms with van der Waals surface area (Å²) in [7, 11) is 0. The summed E-state index contributed by atoms with van der Waals surface area (Å²) in [5.74, 6) is -4.95. The molecular formula is C23H28F3N3O2. The monoisotopic (exact) mass is 435 g/mol. The molecule has 5 nitrogen and oxygen atoms in total. The van der Waals surface area contributed by atoms with Crippen molar-refractivity contribution < 1.29 is 22.8 Å². The number of amides is 2. The zero-order valence-electron chi connectivity index (χ0n) is 18.0. The molecule has 2 amide bonds. The van der Waals surface area contributed by atoms with E-state index >= 15 is 0 Å². The smallest absolute Gasteiger partial charge is 0.238 e. The van der Waals surface area contributed by atoms with Crippen molar-refractivity contribution in [3.05, 3.63) is 59.4 Å². The predicted molar refractivity (Wildman–Crippen MR) is 115 cm³/mol. The third-order valence-corrected chi connectivity index (χ3v) is 4.96. The molecule has 2 N–H and O–H groups in total. The predicted octanol–water partition coefficient (Wildman–Crippen LogP) is 4.91. The van der Waals surface area contributed by atoms with Crippen molar-refractivity contribution in [3.63, 3.8) is 0 Å². The van der Waals surface area contributed by atoms with Gasteiger partial charge in [0.1, 0.15) is 0 Å². The van der Waals surface area contributed by atoms with E-state index in [0.717, 1.165) is 18.6 Å². The van der Waals surface area contributed by atoms with E-state index in [2.05, 4.69) is 24.5 Å². The fourth-order valence-electron chi connectivity index (χ4n) is 3.08. The van der Waals surface area contributed by atoms with Crippen LogP contribution < -0.4 is 10.6 Å². The van der Waals surface area contributed by atoms with Crippen LogP contribution in [0.1, 0.15) is 45.1 Å². The van der Waals surface area contributed by atoms with Crippen LogP contribution in [0.2, 0.25) is 0 Å². The van der Waals surface area contributed by atoms with Crippen LogP contribution in [0.4, 0.5) is 24.5 Å². The molecule has 1 atom stereocenters. The van der Waals surface area contributed by atoms with Crippen LogP contribution in [0, 0.1) is 17.5 Å². The second-order valence-electron chi connectivity index (χ2n) is 7.46. The van der Waals surface area contributed by atoms with Gasteiger partial charge in [-0.2, -0.15) is 0 Å². The van der Waals surface area contributed by atoms with Crippen LogP contribution in [-0.4, -0.2) is 36.3 Å². The van der Waals surface area contributed by atoms with Gasteiger partial charge in [0.2, 0.25) is 11.8 Å². The first-order valence-corrected chi connectivity index (χ1v) is 10.3. The van der Waals surface area contributed by atoms with Gasteiger partial charge in [0.25, 0.3) is 0 Å². The van der Waals surface area contributed by atoms with Crippen molar-refractivity contribution >= 4 is 23.2 Å². The molecule has 168 valence electrons. The molecule has 0 aliphatic rings. The van der Waals surface area contributed by atoms with E-state index in [1.165, 1.54) is 5.56 Å². The number of rotatable bonds is 10. The zero-order chi connectivity index (χ0) is 23.0. The molecule has 0 radical (unpaired) electrons. The van der Waals surface area contributed by atoms with Gasteiger partial charge in [0.15, 0.2) is 17.5 Å². The number of carbonyl (C=O) groups excluding carboxylic acids is 2. The Labute approximate surface area is 180 Å². The van der Waals surface area contributed by atoms with Crippen molar-refractivity contribution in [2.24, 2.45) is 0 Å². The first-order valence-electron chi connectivity index (χ1n) is 10.3. The van der Waals surface area contributed by atoms with E-state index in [-0.39, 0.29) is 19.0 Å². The highest BCUT2D eigenvalue weighted by Crippen LogP contribution is 2.21. The molecule has 0 saturated heterocycles. The first-order chi connectivity index (χ1) is 14.7. The van der Waals surface area contributed by atoms with Crippen LogP contribution in [0.3, 0.4) is 0 Å². The van der Waals surface area contributed by atoms with Crippen LogP contribution >= 0.6 is 0 Å². The van der Waals surface area contributed by atoms with E-state index in [4.69, 9.17) is 0 Å². The van der Waals surface area contributed by atoms with Crippen molar-refractivity contribution in [2.75, 3.05) is 30.3 Å². The molecule has 0 spiro atoms. The quantitative estimate of drug-likeness (QED) is 0.522. The number of anilines is 2. The Bertz CT molecular complexity index is 904. The van der Waals surface area contributed by atoms with Crippen molar-refractivity contribution in [3.8, 4) is 0 Å². The molecule has 2 aromatic rings. The standard InChI is InChI=1S/C23H28F3N3O2/c1-4-12-29(14-21(31)28-19-11-10-18(24)22(25)23(19)26)13-20(30)27-17-8-6-16(7-9-17)15(3)5-2/h6-11,15H,4-5,12-14H2,1-3H3,(H,27,30)(H,28,31)/t15-/m1/s1. The summed E-state index contributed by atoms with van der Waals surface area (Å²) in [6.45, 7) is 6.34. The Kier molecular flexibility index (Phi) is 9.05.